The van der Waals surface area contributed by atoms with E-state index in [1.54, 1.807) is 13.3 Å². The number of halogens is 1. The lowest BCUT2D eigenvalue weighted by Crippen LogP contribution is -2.49. The van der Waals surface area contributed by atoms with E-state index in [4.69, 9.17) is 31.8 Å². The number of nitrogens with one attached hydrogen (secondary N) is 2. The highest BCUT2D eigenvalue weighted by atomic mass is 35.5. The van der Waals surface area contributed by atoms with Gasteiger partial charge < -0.3 is 30.4 Å². The second-order valence-electron chi connectivity index (χ2n) is 11.6. The lowest BCUT2D eigenvalue weighted by atomic mass is 9.88. The fourth-order valence-corrected chi connectivity index (χ4v) is 7.48. The van der Waals surface area contributed by atoms with Crippen molar-refractivity contribution in [3.8, 4) is 17.1 Å². The molecule has 4 aliphatic rings. The molecule has 4 heterocycles. The number of amides is 1. The molecule has 2 aromatic heterocycles. The van der Waals surface area contributed by atoms with Crippen LogP contribution in [-0.4, -0.2) is 84.3 Å². The Morgan fingerprint density at radius 2 is 1.95 bits per heavy atom. The highest BCUT2D eigenvalue weighted by Crippen LogP contribution is 2.46. The number of hydrogen-bond acceptors (Lipinski definition) is 8. The predicted molar refractivity (Wildman–Crippen MR) is 159 cm³/mol. The zero-order valence-electron chi connectivity index (χ0n) is 23.2. The quantitative estimate of drug-likeness (QED) is 0.364. The Morgan fingerprint density at radius 3 is 2.71 bits per heavy atom. The molecule has 2 aliphatic heterocycles. The smallest absolute Gasteiger partial charge is 0.223 e. The second-order valence-corrected chi connectivity index (χ2v) is 12.0. The Bertz CT molecular complexity index is 1480. The molecule has 216 valence electrons. The van der Waals surface area contributed by atoms with Crippen LogP contribution in [0.3, 0.4) is 0 Å². The molecule has 1 aromatic carbocycles. The van der Waals surface area contributed by atoms with Crippen molar-refractivity contribution in [1.82, 2.24) is 19.9 Å². The number of imidazole rings is 1. The molecule has 0 spiro atoms. The molecule has 0 radical (unpaired) electrons. The van der Waals surface area contributed by atoms with Crippen molar-refractivity contribution >= 4 is 40.0 Å². The molecule has 1 amide bonds. The number of H-pyrrole nitrogens is 1. The van der Waals surface area contributed by atoms with Gasteiger partial charge in [-0.3, -0.25) is 9.69 Å². The number of aromatic nitrogens is 3. The van der Waals surface area contributed by atoms with E-state index < -0.39 is 0 Å². The second kappa shape index (κ2) is 10.8. The molecule has 4 atom stereocenters. The molecule has 2 bridgehead atoms. The molecular weight excluding hydrogens is 542 g/mol. The van der Waals surface area contributed by atoms with Crippen LogP contribution in [0.25, 0.3) is 22.6 Å². The molecule has 41 heavy (non-hydrogen) atoms. The number of primary amides is 1. The number of rotatable bonds is 7. The van der Waals surface area contributed by atoms with Gasteiger partial charge in [-0.1, -0.05) is 23.8 Å². The summed E-state index contributed by atoms with van der Waals surface area (Å²) in [6.45, 7) is 5.77. The van der Waals surface area contributed by atoms with Gasteiger partial charge in [-0.05, 0) is 43.2 Å². The summed E-state index contributed by atoms with van der Waals surface area (Å²) in [6.07, 6.45) is 9.08. The average Bonchev–Trinajstić information content (AvgIpc) is 3.74. The van der Waals surface area contributed by atoms with Crippen LogP contribution >= 0.6 is 11.6 Å². The van der Waals surface area contributed by atoms with E-state index in [9.17, 15) is 4.79 Å². The normalized spacial score (nSPS) is 26.6. The van der Waals surface area contributed by atoms with Crippen LogP contribution in [0, 0.1) is 17.8 Å². The first-order chi connectivity index (χ1) is 20.0. The van der Waals surface area contributed by atoms with Gasteiger partial charge in [-0.2, -0.15) is 0 Å². The van der Waals surface area contributed by atoms with Crippen LogP contribution in [0.4, 0.5) is 11.4 Å². The predicted octanol–water partition coefficient (Wildman–Crippen LogP) is 3.68. The van der Waals surface area contributed by atoms with E-state index in [1.165, 1.54) is 0 Å². The number of nitrogens with two attached hydrogens (primary N) is 1. The van der Waals surface area contributed by atoms with Crippen LogP contribution < -0.4 is 20.7 Å². The zero-order chi connectivity index (χ0) is 28.1. The summed E-state index contributed by atoms with van der Waals surface area (Å²) in [5.74, 6) is 1.21. The number of fused-ring (bicyclic) bond motifs is 3. The number of piperidine rings is 1. The Labute approximate surface area is 244 Å². The molecule has 1 saturated carbocycles. The van der Waals surface area contributed by atoms with Crippen molar-refractivity contribution in [2.75, 3.05) is 56.7 Å². The summed E-state index contributed by atoms with van der Waals surface area (Å²) in [6, 6.07) is 6.79. The Morgan fingerprint density at radius 1 is 1.17 bits per heavy atom. The van der Waals surface area contributed by atoms with Gasteiger partial charge in [0.2, 0.25) is 5.91 Å². The van der Waals surface area contributed by atoms with Crippen molar-refractivity contribution in [3.05, 3.63) is 41.6 Å². The number of pyridine rings is 1. The summed E-state index contributed by atoms with van der Waals surface area (Å²) in [4.78, 5) is 30.0. The Balaban J connectivity index is 1.13. The lowest BCUT2D eigenvalue weighted by molar-refractivity contribution is -0.122. The number of allylic oxidation sites excluding steroid dienone is 1. The first kappa shape index (κ1) is 26.6. The van der Waals surface area contributed by atoms with Gasteiger partial charge >= 0.3 is 0 Å². The largest absolute Gasteiger partial charge is 0.496 e. The van der Waals surface area contributed by atoms with Gasteiger partial charge in [-0.25, -0.2) is 9.97 Å². The van der Waals surface area contributed by atoms with Crippen LogP contribution in [0.5, 0.6) is 5.75 Å². The van der Waals surface area contributed by atoms with E-state index in [0.29, 0.717) is 33.7 Å². The fraction of sp³-hybridized carbons (Fsp3) is 0.500. The number of morpholine rings is 1. The number of anilines is 2. The zero-order valence-corrected chi connectivity index (χ0v) is 23.9. The average molecular weight is 578 g/mol. The van der Waals surface area contributed by atoms with Gasteiger partial charge in [0.05, 0.1) is 48.7 Å². The highest BCUT2D eigenvalue weighted by Gasteiger charge is 2.47. The molecular formula is C30H36ClN7O3. The fourth-order valence-electron chi connectivity index (χ4n) is 7.28. The maximum atomic E-state index is 12.3. The summed E-state index contributed by atoms with van der Waals surface area (Å²) in [5.41, 5.74) is 9.71. The number of hydrogen-bond donors (Lipinski definition) is 3. The summed E-state index contributed by atoms with van der Waals surface area (Å²) < 4.78 is 11.4. The summed E-state index contributed by atoms with van der Waals surface area (Å²) in [5, 5.41) is 4.01. The Hall–Kier alpha value is -3.34. The molecule has 3 aromatic rings. The van der Waals surface area contributed by atoms with E-state index in [2.05, 4.69) is 55.4 Å². The number of nitrogens with zero attached hydrogens (tertiary/aromatic N) is 4. The highest BCUT2D eigenvalue weighted by molar-refractivity contribution is 6.34. The number of benzene rings is 1. The number of methoxy groups -OCH3 is 1. The van der Waals surface area contributed by atoms with Gasteiger partial charge in [0.1, 0.15) is 17.1 Å². The summed E-state index contributed by atoms with van der Waals surface area (Å²) >= 11 is 6.65. The molecule has 7 rings (SSSR count). The standard InChI is InChI=1S/C30H36ClN7O3/c1-40-23-15-20(37-8-6-19(7-9-37)38-10-12-41-13-11-38)4-5-21(23)29-35-27-26(22(31)16-33-30(27)36-29)34-25-18-3-2-17(14-18)24(25)28(32)39/h2-5,15-19,24-25H,6-14H2,1H3,(H2,32,39)(H2,33,34,35,36)/t17-,18+,24+,25-/m1/s1. The van der Waals surface area contributed by atoms with Crippen molar-refractivity contribution < 1.29 is 14.3 Å². The third kappa shape index (κ3) is 4.81. The van der Waals surface area contributed by atoms with Crippen LogP contribution in [0.2, 0.25) is 5.02 Å². The third-order valence-electron chi connectivity index (χ3n) is 9.40. The first-order valence-corrected chi connectivity index (χ1v) is 14.9. The van der Waals surface area contributed by atoms with Crippen molar-refractivity contribution in [1.29, 1.82) is 0 Å². The number of ether oxygens (including phenoxy) is 2. The third-order valence-corrected chi connectivity index (χ3v) is 9.69. The number of carbonyl (C=O) groups is 1. The van der Waals surface area contributed by atoms with Crippen molar-refractivity contribution in [2.24, 2.45) is 23.5 Å². The molecule has 0 unspecified atom stereocenters. The molecule has 2 aliphatic carbocycles. The van der Waals surface area contributed by atoms with Crippen LogP contribution in [0.15, 0.2) is 36.5 Å². The van der Waals surface area contributed by atoms with Gasteiger partial charge in [-0.15, -0.1) is 0 Å². The minimum atomic E-state index is -0.291. The lowest BCUT2D eigenvalue weighted by Gasteiger charge is -2.40. The van der Waals surface area contributed by atoms with E-state index in [-0.39, 0.29) is 29.7 Å². The van der Waals surface area contributed by atoms with E-state index >= 15 is 0 Å². The Kier molecular flexibility index (Phi) is 7.00. The number of aromatic amines is 1. The molecule has 2 saturated heterocycles. The maximum absolute atomic E-state index is 12.3. The monoisotopic (exact) mass is 577 g/mol. The van der Waals surface area contributed by atoms with Crippen LogP contribution in [0.1, 0.15) is 19.3 Å². The molecule has 11 heteroatoms. The molecule has 4 N–H and O–H groups in total. The van der Waals surface area contributed by atoms with Crippen LogP contribution in [-0.2, 0) is 9.53 Å². The van der Waals surface area contributed by atoms with Gasteiger partial charge in [0.25, 0.3) is 0 Å². The number of carbonyl (C=O) groups excluding carboxylic acids is 1. The van der Waals surface area contributed by atoms with Gasteiger partial charge in [0, 0.05) is 50.0 Å². The summed E-state index contributed by atoms with van der Waals surface area (Å²) in [7, 11) is 1.69. The van der Waals surface area contributed by atoms with Gasteiger partial charge in [0.15, 0.2) is 5.65 Å². The maximum Gasteiger partial charge on any atom is 0.223 e. The van der Waals surface area contributed by atoms with Crippen molar-refractivity contribution in [3.63, 3.8) is 0 Å². The topological polar surface area (TPSA) is 122 Å². The molecule has 10 nitrogen and oxygen atoms in total. The van der Waals surface area contributed by atoms with E-state index in [0.717, 1.165) is 75.7 Å². The van der Waals surface area contributed by atoms with Crippen molar-refractivity contribution in [2.45, 2.75) is 31.3 Å². The SMILES string of the molecule is COc1cc(N2CCC(N3CCOCC3)CC2)ccc1-c1nc2ncc(Cl)c(N[C@H]3[C@@H](C(N)=O)[C@@H]4C=C[C@H]3C4)c2[nH]1. The minimum absolute atomic E-state index is 0.126. The first-order valence-electron chi connectivity index (χ1n) is 14.5. The minimum Gasteiger partial charge on any atom is -0.496 e. The molecule has 3 fully saturated rings. The van der Waals surface area contributed by atoms with E-state index in [1.807, 2.05) is 0 Å².